The highest BCUT2D eigenvalue weighted by Crippen LogP contribution is 2.35. The Hall–Kier alpha value is -3.28. The topological polar surface area (TPSA) is 76.2 Å². The summed E-state index contributed by atoms with van der Waals surface area (Å²) in [6.07, 6.45) is 4.30. The van der Waals surface area contributed by atoms with E-state index in [-0.39, 0.29) is 11.8 Å². The van der Waals surface area contributed by atoms with Gasteiger partial charge in [0.2, 0.25) is 0 Å². The average molecular weight is 363 g/mol. The van der Waals surface area contributed by atoms with E-state index in [0.717, 1.165) is 34.9 Å². The van der Waals surface area contributed by atoms with Crippen molar-refractivity contribution in [1.82, 2.24) is 15.3 Å². The number of rotatable bonds is 5. The van der Waals surface area contributed by atoms with E-state index in [1.807, 2.05) is 36.4 Å². The molecule has 0 radical (unpaired) electrons. The van der Waals surface area contributed by atoms with Crippen LogP contribution in [0.1, 0.15) is 15.9 Å². The van der Waals surface area contributed by atoms with Gasteiger partial charge in [0, 0.05) is 36.0 Å². The van der Waals surface area contributed by atoms with Crippen LogP contribution in [0.4, 0.5) is 0 Å². The number of para-hydroxylation sites is 1. The first kappa shape index (κ1) is 17.1. The van der Waals surface area contributed by atoms with Crippen LogP contribution in [-0.4, -0.2) is 36.1 Å². The second-order valence-electron chi connectivity index (χ2n) is 6.56. The summed E-state index contributed by atoms with van der Waals surface area (Å²) in [5.41, 5.74) is 2.61. The van der Waals surface area contributed by atoms with E-state index >= 15 is 0 Å². The van der Waals surface area contributed by atoms with Gasteiger partial charge in [0.25, 0.3) is 5.91 Å². The molecule has 2 heterocycles. The fourth-order valence-electron chi connectivity index (χ4n) is 3.32. The molecule has 0 unspecified atom stereocenters. The van der Waals surface area contributed by atoms with Crippen molar-refractivity contribution in [2.24, 2.45) is 5.92 Å². The number of hydrogen-bond acceptors (Lipinski definition) is 4. The SMILES string of the molecule is COc1cccc2c1OC[C@@H](CNC(=O)c1cccc(-c3ncc[nH]3)c1)C2. The number of aromatic amines is 1. The van der Waals surface area contributed by atoms with Gasteiger partial charge in [-0.1, -0.05) is 24.3 Å². The van der Waals surface area contributed by atoms with E-state index < -0.39 is 0 Å². The number of aromatic nitrogens is 2. The lowest BCUT2D eigenvalue weighted by Gasteiger charge is -2.26. The normalized spacial score (nSPS) is 15.5. The Morgan fingerprint density at radius 3 is 3.04 bits per heavy atom. The molecule has 1 aliphatic rings. The number of H-pyrrole nitrogens is 1. The molecule has 4 rings (SSSR count). The van der Waals surface area contributed by atoms with Crippen LogP contribution in [0.2, 0.25) is 0 Å². The Morgan fingerprint density at radius 1 is 1.33 bits per heavy atom. The fraction of sp³-hybridized carbons (Fsp3) is 0.238. The number of benzene rings is 2. The molecule has 27 heavy (non-hydrogen) atoms. The van der Waals surface area contributed by atoms with Crippen molar-refractivity contribution in [3.63, 3.8) is 0 Å². The number of nitrogens with zero attached hydrogens (tertiary/aromatic N) is 1. The molecule has 3 aromatic rings. The molecular formula is C21H21N3O3. The number of ether oxygens (including phenoxy) is 2. The van der Waals surface area contributed by atoms with E-state index in [4.69, 9.17) is 9.47 Å². The number of carbonyl (C=O) groups excluding carboxylic acids is 1. The van der Waals surface area contributed by atoms with Gasteiger partial charge in [-0.3, -0.25) is 4.79 Å². The molecule has 1 aliphatic heterocycles. The predicted octanol–water partition coefficient (Wildman–Crippen LogP) is 3.07. The summed E-state index contributed by atoms with van der Waals surface area (Å²) in [5.74, 6) is 2.44. The Bertz CT molecular complexity index is 938. The first-order valence-corrected chi connectivity index (χ1v) is 8.91. The molecule has 2 aromatic carbocycles. The highest BCUT2D eigenvalue weighted by Gasteiger charge is 2.23. The van der Waals surface area contributed by atoms with Crippen LogP contribution in [0.15, 0.2) is 54.9 Å². The van der Waals surface area contributed by atoms with Crippen molar-refractivity contribution in [1.29, 1.82) is 0 Å². The second-order valence-corrected chi connectivity index (χ2v) is 6.56. The lowest BCUT2D eigenvalue weighted by atomic mass is 9.96. The summed E-state index contributed by atoms with van der Waals surface area (Å²) in [5, 5.41) is 3.02. The van der Waals surface area contributed by atoms with E-state index in [9.17, 15) is 4.79 Å². The van der Waals surface area contributed by atoms with Crippen LogP contribution in [-0.2, 0) is 6.42 Å². The van der Waals surface area contributed by atoms with Crippen LogP contribution >= 0.6 is 0 Å². The summed E-state index contributed by atoms with van der Waals surface area (Å²) >= 11 is 0. The minimum atomic E-state index is -0.0974. The Kier molecular flexibility index (Phi) is 4.78. The number of hydrogen-bond donors (Lipinski definition) is 2. The number of carbonyl (C=O) groups is 1. The van der Waals surface area contributed by atoms with Crippen molar-refractivity contribution in [2.45, 2.75) is 6.42 Å². The minimum Gasteiger partial charge on any atom is -0.493 e. The Balaban J connectivity index is 1.39. The van der Waals surface area contributed by atoms with Crippen LogP contribution in [0, 0.1) is 5.92 Å². The Morgan fingerprint density at radius 2 is 2.22 bits per heavy atom. The predicted molar refractivity (Wildman–Crippen MR) is 102 cm³/mol. The molecule has 1 amide bonds. The Labute approximate surface area is 157 Å². The zero-order chi connectivity index (χ0) is 18.6. The monoisotopic (exact) mass is 363 g/mol. The number of imidazole rings is 1. The van der Waals surface area contributed by atoms with Gasteiger partial charge in [-0.25, -0.2) is 4.98 Å². The molecule has 0 spiro atoms. The number of amides is 1. The summed E-state index contributed by atoms with van der Waals surface area (Å²) < 4.78 is 11.2. The molecule has 0 aliphatic carbocycles. The lowest BCUT2D eigenvalue weighted by Crippen LogP contribution is -2.34. The number of methoxy groups -OCH3 is 1. The van der Waals surface area contributed by atoms with Crippen molar-refractivity contribution in [2.75, 3.05) is 20.3 Å². The van der Waals surface area contributed by atoms with Crippen molar-refractivity contribution >= 4 is 5.91 Å². The molecular weight excluding hydrogens is 342 g/mol. The van der Waals surface area contributed by atoms with Crippen LogP contribution in [0.5, 0.6) is 11.5 Å². The third-order valence-corrected chi connectivity index (χ3v) is 4.70. The van der Waals surface area contributed by atoms with Gasteiger partial charge in [0.05, 0.1) is 13.7 Å². The maximum Gasteiger partial charge on any atom is 0.251 e. The van der Waals surface area contributed by atoms with Crippen LogP contribution < -0.4 is 14.8 Å². The van der Waals surface area contributed by atoms with Crippen LogP contribution in [0.3, 0.4) is 0 Å². The molecule has 6 heteroatoms. The quantitative estimate of drug-likeness (QED) is 0.730. The summed E-state index contributed by atoms with van der Waals surface area (Å²) in [6, 6.07) is 13.3. The molecule has 1 atom stereocenters. The third-order valence-electron chi connectivity index (χ3n) is 4.70. The third kappa shape index (κ3) is 3.65. The number of fused-ring (bicyclic) bond motifs is 1. The lowest BCUT2D eigenvalue weighted by molar-refractivity contribution is 0.0938. The van der Waals surface area contributed by atoms with Crippen LogP contribution in [0.25, 0.3) is 11.4 Å². The second kappa shape index (κ2) is 7.53. The summed E-state index contributed by atoms with van der Waals surface area (Å²) in [7, 11) is 1.64. The largest absolute Gasteiger partial charge is 0.493 e. The van der Waals surface area contributed by atoms with E-state index in [0.29, 0.717) is 18.7 Å². The van der Waals surface area contributed by atoms with Crippen molar-refractivity contribution in [3.8, 4) is 22.9 Å². The van der Waals surface area contributed by atoms with E-state index in [1.54, 1.807) is 25.6 Å². The molecule has 0 saturated heterocycles. The molecule has 6 nitrogen and oxygen atoms in total. The average Bonchev–Trinajstić information content (AvgIpc) is 3.26. The van der Waals surface area contributed by atoms with E-state index in [2.05, 4.69) is 15.3 Å². The first-order chi connectivity index (χ1) is 13.2. The summed E-state index contributed by atoms with van der Waals surface area (Å²) in [6.45, 7) is 1.11. The minimum absolute atomic E-state index is 0.0974. The van der Waals surface area contributed by atoms with Gasteiger partial charge in [-0.05, 0) is 30.2 Å². The zero-order valence-electron chi connectivity index (χ0n) is 15.1. The van der Waals surface area contributed by atoms with Gasteiger partial charge >= 0.3 is 0 Å². The van der Waals surface area contributed by atoms with Gasteiger partial charge < -0.3 is 19.8 Å². The maximum atomic E-state index is 12.6. The van der Waals surface area contributed by atoms with Gasteiger partial charge in [-0.15, -0.1) is 0 Å². The fourth-order valence-corrected chi connectivity index (χ4v) is 3.32. The number of nitrogens with one attached hydrogen (secondary N) is 2. The molecule has 0 bridgehead atoms. The van der Waals surface area contributed by atoms with E-state index in [1.165, 1.54) is 0 Å². The smallest absolute Gasteiger partial charge is 0.251 e. The highest BCUT2D eigenvalue weighted by molar-refractivity contribution is 5.95. The first-order valence-electron chi connectivity index (χ1n) is 8.91. The van der Waals surface area contributed by atoms with Crippen molar-refractivity contribution < 1.29 is 14.3 Å². The van der Waals surface area contributed by atoms with Gasteiger partial charge in [-0.2, -0.15) is 0 Å². The molecule has 0 fully saturated rings. The molecule has 1 aromatic heterocycles. The molecule has 0 saturated carbocycles. The highest BCUT2D eigenvalue weighted by atomic mass is 16.5. The van der Waals surface area contributed by atoms with Gasteiger partial charge in [0.1, 0.15) is 5.82 Å². The van der Waals surface area contributed by atoms with Crippen molar-refractivity contribution in [3.05, 3.63) is 66.0 Å². The molecule has 2 N–H and O–H groups in total. The standard InChI is InChI=1S/C21H21N3O3/c1-26-18-7-3-4-15-10-14(13-27-19(15)18)12-24-21(25)17-6-2-5-16(11-17)20-22-8-9-23-20/h2-9,11,14H,10,12-13H2,1H3,(H,22,23)(H,24,25)/t14-/m1/s1. The summed E-state index contributed by atoms with van der Waals surface area (Å²) in [4.78, 5) is 19.8. The molecule has 138 valence electrons. The van der Waals surface area contributed by atoms with Gasteiger partial charge in [0.15, 0.2) is 11.5 Å². The zero-order valence-corrected chi connectivity index (χ0v) is 15.1. The maximum absolute atomic E-state index is 12.6.